The third-order valence-corrected chi connectivity index (χ3v) is 1.86. The highest BCUT2D eigenvalue weighted by atomic mass is 15.8. The lowest BCUT2D eigenvalue weighted by atomic mass is 10.2. The van der Waals surface area contributed by atoms with E-state index in [4.69, 9.17) is 5.73 Å². The van der Waals surface area contributed by atoms with Crippen molar-refractivity contribution in [3.63, 3.8) is 0 Å². The molecule has 13 heavy (non-hydrogen) atoms. The van der Waals surface area contributed by atoms with Gasteiger partial charge in [-0.05, 0) is 5.56 Å². The van der Waals surface area contributed by atoms with Gasteiger partial charge in [-0.2, -0.15) is 5.01 Å². The van der Waals surface area contributed by atoms with Gasteiger partial charge in [-0.15, -0.1) is 5.11 Å². The van der Waals surface area contributed by atoms with E-state index in [2.05, 4.69) is 15.9 Å². The summed E-state index contributed by atoms with van der Waals surface area (Å²) in [5.74, 6) is 0. The predicted molar refractivity (Wildman–Crippen MR) is 48.0 cm³/mol. The molecule has 0 bridgehead atoms. The highest BCUT2D eigenvalue weighted by Gasteiger charge is 2.17. The van der Waals surface area contributed by atoms with Crippen LogP contribution in [-0.4, -0.2) is 11.3 Å². The van der Waals surface area contributed by atoms with Crippen LogP contribution in [-0.2, 0) is 6.54 Å². The molecule has 1 aliphatic rings. The normalized spacial score (nSPS) is 21.8. The van der Waals surface area contributed by atoms with E-state index in [9.17, 15) is 0 Å². The van der Waals surface area contributed by atoms with Crippen molar-refractivity contribution in [2.45, 2.75) is 12.8 Å². The molecule has 1 aliphatic heterocycles. The summed E-state index contributed by atoms with van der Waals surface area (Å²) in [4.78, 5) is 0. The van der Waals surface area contributed by atoms with Crippen molar-refractivity contribution < 1.29 is 0 Å². The van der Waals surface area contributed by atoms with E-state index < -0.39 is 0 Å². The summed E-state index contributed by atoms with van der Waals surface area (Å²) in [7, 11) is 0. The number of nitrogens with one attached hydrogen (secondary N) is 1. The molecule has 2 rings (SSSR count). The first-order valence-corrected chi connectivity index (χ1v) is 4.08. The monoisotopic (exact) mass is 177 g/mol. The first kappa shape index (κ1) is 8.15. The van der Waals surface area contributed by atoms with E-state index in [0.29, 0.717) is 6.54 Å². The summed E-state index contributed by atoms with van der Waals surface area (Å²) in [5.41, 5.74) is 9.53. The second-order valence-corrected chi connectivity index (χ2v) is 2.84. The maximum Gasteiger partial charge on any atom is 0.194 e. The number of nitrogens with two attached hydrogens (primary N) is 1. The highest BCUT2D eigenvalue weighted by Crippen LogP contribution is 2.07. The molecule has 0 aromatic heterocycles. The van der Waals surface area contributed by atoms with Crippen LogP contribution in [0.2, 0.25) is 0 Å². The van der Waals surface area contributed by atoms with Gasteiger partial charge in [-0.1, -0.05) is 35.6 Å². The van der Waals surface area contributed by atoms with E-state index in [0.717, 1.165) is 0 Å². The maximum atomic E-state index is 5.63. The van der Waals surface area contributed by atoms with Gasteiger partial charge in [-0.25, -0.2) is 5.53 Å². The Morgan fingerprint density at radius 3 is 2.77 bits per heavy atom. The Morgan fingerprint density at radius 1 is 1.38 bits per heavy atom. The Kier molecular flexibility index (Phi) is 2.20. The molecule has 68 valence electrons. The number of nitrogens with zero attached hydrogens (tertiary/aromatic N) is 3. The SMILES string of the molecule is NC1N=NNN1Cc1ccccc1. The molecule has 0 amide bonds. The van der Waals surface area contributed by atoms with Crippen LogP contribution in [0.1, 0.15) is 5.56 Å². The molecule has 1 heterocycles. The first-order chi connectivity index (χ1) is 6.36. The van der Waals surface area contributed by atoms with Crippen LogP contribution in [0, 0.1) is 0 Å². The largest absolute Gasteiger partial charge is 0.294 e. The molecule has 0 radical (unpaired) electrons. The van der Waals surface area contributed by atoms with Crippen LogP contribution in [0.15, 0.2) is 40.7 Å². The number of rotatable bonds is 2. The molecule has 1 unspecified atom stereocenters. The maximum absolute atomic E-state index is 5.63. The van der Waals surface area contributed by atoms with Crippen LogP contribution >= 0.6 is 0 Å². The fourth-order valence-electron chi connectivity index (χ4n) is 1.17. The third kappa shape index (κ3) is 1.82. The lowest BCUT2D eigenvalue weighted by Gasteiger charge is -2.16. The van der Waals surface area contributed by atoms with Crippen molar-refractivity contribution in [2.75, 3.05) is 0 Å². The minimum atomic E-state index is -0.375. The van der Waals surface area contributed by atoms with Crippen molar-refractivity contribution in [3.8, 4) is 0 Å². The van der Waals surface area contributed by atoms with E-state index >= 15 is 0 Å². The van der Waals surface area contributed by atoms with Gasteiger partial charge in [0, 0.05) is 6.54 Å². The minimum Gasteiger partial charge on any atom is -0.294 e. The Hall–Kier alpha value is -1.46. The zero-order chi connectivity index (χ0) is 9.10. The second kappa shape index (κ2) is 3.51. The quantitative estimate of drug-likeness (QED) is 0.695. The van der Waals surface area contributed by atoms with Crippen molar-refractivity contribution in [3.05, 3.63) is 35.9 Å². The molecule has 0 spiro atoms. The molecule has 0 fully saturated rings. The van der Waals surface area contributed by atoms with E-state index in [-0.39, 0.29) is 6.29 Å². The summed E-state index contributed by atoms with van der Waals surface area (Å²) < 4.78 is 0. The predicted octanol–water partition coefficient (Wildman–Crippen LogP) is 0.616. The van der Waals surface area contributed by atoms with Crippen LogP contribution in [0.25, 0.3) is 0 Å². The lowest BCUT2D eigenvalue weighted by Crippen LogP contribution is -2.41. The average Bonchev–Trinajstić information content (AvgIpc) is 2.54. The van der Waals surface area contributed by atoms with E-state index in [1.165, 1.54) is 5.56 Å². The van der Waals surface area contributed by atoms with Crippen LogP contribution < -0.4 is 11.3 Å². The van der Waals surface area contributed by atoms with Gasteiger partial charge in [0.1, 0.15) is 0 Å². The Labute approximate surface area is 76.2 Å². The number of hydrogen-bond donors (Lipinski definition) is 2. The van der Waals surface area contributed by atoms with Gasteiger partial charge in [0.2, 0.25) is 0 Å². The molecule has 1 aromatic rings. The topological polar surface area (TPSA) is 66.0 Å². The van der Waals surface area contributed by atoms with E-state index in [1.54, 1.807) is 5.01 Å². The summed E-state index contributed by atoms with van der Waals surface area (Å²) in [6, 6.07) is 10.0. The minimum absolute atomic E-state index is 0.375. The van der Waals surface area contributed by atoms with Gasteiger partial charge in [0.05, 0.1) is 0 Å². The first-order valence-electron chi connectivity index (χ1n) is 4.08. The smallest absolute Gasteiger partial charge is 0.194 e. The standard InChI is InChI=1S/C8H11N5/c9-8-10-11-12-13(8)6-7-4-2-1-3-5-7/h1-5,8H,6,9H2,(H,10,12). The van der Waals surface area contributed by atoms with Gasteiger partial charge in [-0.3, -0.25) is 5.73 Å². The Balaban J connectivity index is 1.99. The molecule has 1 aromatic carbocycles. The van der Waals surface area contributed by atoms with Crippen molar-refractivity contribution in [2.24, 2.45) is 16.1 Å². The summed E-state index contributed by atoms with van der Waals surface area (Å²) >= 11 is 0. The third-order valence-electron chi connectivity index (χ3n) is 1.86. The summed E-state index contributed by atoms with van der Waals surface area (Å²) in [5, 5.41) is 9.11. The molecule has 5 nitrogen and oxygen atoms in total. The van der Waals surface area contributed by atoms with Crippen molar-refractivity contribution in [1.82, 2.24) is 10.5 Å². The fourth-order valence-corrected chi connectivity index (χ4v) is 1.17. The molecular weight excluding hydrogens is 166 g/mol. The van der Waals surface area contributed by atoms with E-state index in [1.807, 2.05) is 30.3 Å². The van der Waals surface area contributed by atoms with Crippen molar-refractivity contribution in [1.29, 1.82) is 0 Å². The highest BCUT2D eigenvalue weighted by molar-refractivity contribution is 5.14. The summed E-state index contributed by atoms with van der Waals surface area (Å²) in [6.07, 6.45) is -0.375. The van der Waals surface area contributed by atoms with Crippen LogP contribution in [0.3, 0.4) is 0 Å². The van der Waals surface area contributed by atoms with Gasteiger partial charge < -0.3 is 0 Å². The average molecular weight is 177 g/mol. The number of hydrogen-bond acceptors (Lipinski definition) is 5. The molecule has 0 aliphatic carbocycles. The number of benzene rings is 1. The zero-order valence-corrected chi connectivity index (χ0v) is 7.09. The van der Waals surface area contributed by atoms with Crippen LogP contribution in [0.5, 0.6) is 0 Å². The van der Waals surface area contributed by atoms with Gasteiger partial charge in [0.15, 0.2) is 6.29 Å². The summed E-state index contributed by atoms with van der Waals surface area (Å²) in [6.45, 7) is 0.703. The second-order valence-electron chi connectivity index (χ2n) is 2.84. The van der Waals surface area contributed by atoms with Crippen molar-refractivity contribution >= 4 is 0 Å². The van der Waals surface area contributed by atoms with Gasteiger partial charge >= 0.3 is 0 Å². The van der Waals surface area contributed by atoms with Gasteiger partial charge in [0.25, 0.3) is 0 Å². The van der Waals surface area contributed by atoms with Crippen LogP contribution in [0.4, 0.5) is 0 Å². The molecular formula is C8H11N5. The molecule has 3 N–H and O–H groups in total. The molecule has 0 saturated heterocycles. The number of hydrazine groups is 1. The Bertz CT molecular complexity index is 297. The Morgan fingerprint density at radius 2 is 2.15 bits per heavy atom. The molecule has 5 heteroatoms. The zero-order valence-electron chi connectivity index (χ0n) is 7.09. The fraction of sp³-hybridized carbons (Fsp3) is 0.250. The molecule has 1 atom stereocenters. The lowest BCUT2D eigenvalue weighted by molar-refractivity contribution is 0.166. The molecule has 0 saturated carbocycles.